The van der Waals surface area contributed by atoms with Gasteiger partial charge in [-0.3, -0.25) is 9.69 Å². The van der Waals surface area contributed by atoms with Gasteiger partial charge < -0.3 is 0 Å². The number of carbonyl (C=O) groups excluding carboxylic acids is 1. The highest BCUT2D eigenvalue weighted by Crippen LogP contribution is 2.37. The van der Waals surface area contributed by atoms with E-state index in [0.29, 0.717) is 27.5 Å². The molecule has 29 heavy (non-hydrogen) atoms. The summed E-state index contributed by atoms with van der Waals surface area (Å²) in [7, 11) is -3.23. The number of carbonyl (C=O) groups is 1. The van der Waals surface area contributed by atoms with Crippen LogP contribution >= 0.6 is 23.1 Å². The zero-order valence-electron chi connectivity index (χ0n) is 15.0. The van der Waals surface area contributed by atoms with Gasteiger partial charge in [-0.25, -0.2) is 13.4 Å². The number of rotatable bonds is 5. The maximum Gasteiger partial charge on any atom is 0.288 e. The van der Waals surface area contributed by atoms with Crippen LogP contribution in [0.15, 0.2) is 53.4 Å². The molecule has 1 saturated heterocycles. The van der Waals surface area contributed by atoms with Crippen molar-refractivity contribution in [3.63, 3.8) is 0 Å². The van der Waals surface area contributed by atoms with Crippen molar-refractivity contribution in [2.24, 2.45) is 5.92 Å². The molecule has 0 aliphatic carbocycles. The third-order valence-corrected chi connectivity index (χ3v) is 8.11. The quantitative estimate of drug-likeness (QED) is 0.523. The van der Waals surface area contributed by atoms with Crippen molar-refractivity contribution in [1.82, 2.24) is 4.98 Å². The van der Waals surface area contributed by atoms with E-state index in [0.717, 1.165) is 10.2 Å². The molecule has 1 aliphatic heterocycles. The predicted molar refractivity (Wildman–Crippen MR) is 112 cm³/mol. The maximum absolute atomic E-state index is 13.3. The molecule has 1 aliphatic rings. The van der Waals surface area contributed by atoms with E-state index in [1.807, 2.05) is 24.3 Å². The molecule has 5 nitrogen and oxygen atoms in total. The van der Waals surface area contributed by atoms with Crippen LogP contribution in [0.5, 0.6) is 0 Å². The number of hydrogen-bond acceptors (Lipinski definition) is 6. The Kier molecular flexibility index (Phi) is 5.58. The average molecular weight is 455 g/mol. The van der Waals surface area contributed by atoms with Crippen LogP contribution in [0.2, 0.25) is 0 Å². The van der Waals surface area contributed by atoms with Crippen LogP contribution in [0.4, 0.5) is 19.6 Å². The molecular weight excluding hydrogens is 438 g/mol. The largest absolute Gasteiger partial charge is 0.288 e. The minimum Gasteiger partial charge on any atom is -0.274 e. The third-order valence-electron chi connectivity index (χ3n) is 4.60. The summed E-state index contributed by atoms with van der Waals surface area (Å²) in [6.45, 7) is 0. The van der Waals surface area contributed by atoms with E-state index in [1.165, 1.54) is 28.4 Å². The normalized spacial score (nSPS) is 18.4. The van der Waals surface area contributed by atoms with E-state index in [1.54, 1.807) is 12.1 Å². The fourth-order valence-electron chi connectivity index (χ4n) is 3.24. The van der Waals surface area contributed by atoms with Crippen LogP contribution in [0.3, 0.4) is 0 Å². The standard InChI is InChI=1S/C19H16F2N2O3S3/c20-18(21)27-14-7-5-13(6-8-14)23(17(24)12-9-10-29(25,26)11-12)19-22-15-3-1-2-4-16(15)28-19/h1-8,12,18H,9-11H2. The van der Waals surface area contributed by atoms with Crippen LogP contribution in [-0.2, 0) is 14.6 Å². The van der Waals surface area contributed by atoms with Crippen molar-refractivity contribution in [3.8, 4) is 0 Å². The topological polar surface area (TPSA) is 67.3 Å². The SMILES string of the molecule is O=C(C1CCS(=O)(=O)C1)N(c1ccc(SC(F)F)cc1)c1nc2ccccc2s1. The lowest BCUT2D eigenvalue weighted by Gasteiger charge is -2.23. The van der Waals surface area contributed by atoms with Gasteiger partial charge in [0.1, 0.15) is 0 Å². The van der Waals surface area contributed by atoms with Gasteiger partial charge in [0.05, 0.1) is 33.3 Å². The molecule has 0 saturated carbocycles. The third kappa shape index (κ3) is 4.44. The van der Waals surface area contributed by atoms with E-state index in [4.69, 9.17) is 0 Å². The number of aromatic nitrogens is 1. The number of alkyl halides is 2. The monoisotopic (exact) mass is 454 g/mol. The average Bonchev–Trinajstić information content (AvgIpc) is 3.25. The molecule has 2 aromatic carbocycles. The summed E-state index contributed by atoms with van der Waals surface area (Å²) < 4.78 is 49.8. The Bertz CT molecular complexity index is 1110. The highest BCUT2D eigenvalue weighted by Gasteiger charge is 2.37. The first-order valence-electron chi connectivity index (χ1n) is 8.77. The molecule has 1 amide bonds. The van der Waals surface area contributed by atoms with Gasteiger partial charge in [0.2, 0.25) is 5.91 Å². The van der Waals surface area contributed by atoms with Gasteiger partial charge in [0.25, 0.3) is 5.76 Å². The predicted octanol–water partition coefficient (Wildman–Crippen LogP) is 4.71. The van der Waals surface area contributed by atoms with Gasteiger partial charge in [-0.05, 0) is 42.8 Å². The number of fused-ring (bicyclic) bond motifs is 1. The Balaban J connectivity index is 1.73. The van der Waals surface area contributed by atoms with Crippen LogP contribution in [0.25, 0.3) is 10.2 Å². The Morgan fingerprint density at radius 3 is 2.52 bits per heavy atom. The van der Waals surface area contributed by atoms with Gasteiger partial charge in [-0.2, -0.15) is 8.78 Å². The summed E-state index contributed by atoms with van der Waals surface area (Å²) in [5, 5.41) is 0.426. The van der Waals surface area contributed by atoms with E-state index >= 15 is 0 Å². The van der Waals surface area contributed by atoms with E-state index in [9.17, 15) is 22.0 Å². The zero-order chi connectivity index (χ0) is 20.6. The molecule has 1 unspecified atom stereocenters. The van der Waals surface area contributed by atoms with E-state index < -0.39 is 21.5 Å². The van der Waals surface area contributed by atoms with Crippen molar-refractivity contribution in [3.05, 3.63) is 48.5 Å². The summed E-state index contributed by atoms with van der Waals surface area (Å²) in [6, 6.07) is 13.6. The lowest BCUT2D eigenvalue weighted by molar-refractivity contribution is -0.120. The van der Waals surface area contributed by atoms with Crippen LogP contribution in [0, 0.1) is 5.92 Å². The van der Waals surface area contributed by atoms with Gasteiger partial charge >= 0.3 is 0 Å². The summed E-state index contributed by atoms with van der Waals surface area (Å²) in [5.74, 6) is -3.73. The minimum atomic E-state index is -3.23. The Morgan fingerprint density at radius 2 is 1.90 bits per heavy atom. The highest BCUT2D eigenvalue weighted by atomic mass is 32.2. The first-order chi connectivity index (χ1) is 13.8. The molecule has 2 heterocycles. The van der Waals surface area contributed by atoms with Gasteiger partial charge in [0, 0.05) is 4.90 Å². The van der Waals surface area contributed by atoms with Gasteiger partial charge in [-0.1, -0.05) is 35.2 Å². The van der Waals surface area contributed by atoms with E-state index in [2.05, 4.69) is 4.98 Å². The van der Waals surface area contributed by atoms with Gasteiger partial charge in [0.15, 0.2) is 15.0 Å². The minimum absolute atomic E-state index is 0.0128. The van der Waals surface area contributed by atoms with Crippen molar-refractivity contribution in [1.29, 1.82) is 0 Å². The van der Waals surface area contributed by atoms with Crippen molar-refractivity contribution in [2.45, 2.75) is 17.1 Å². The number of thiazole rings is 1. The zero-order valence-corrected chi connectivity index (χ0v) is 17.4. The Labute approximate surface area is 174 Å². The summed E-state index contributed by atoms with van der Waals surface area (Å²) >= 11 is 1.74. The molecule has 1 atom stereocenters. The van der Waals surface area contributed by atoms with Crippen LogP contribution in [0.1, 0.15) is 6.42 Å². The number of halogens is 2. The number of thioether (sulfide) groups is 1. The second-order valence-electron chi connectivity index (χ2n) is 6.61. The molecule has 0 radical (unpaired) electrons. The molecule has 0 spiro atoms. The molecule has 0 N–H and O–H groups in total. The molecule has 10 heteroatoms. The van der Waals surface area contributed by atoms with Crippen molar-refractivity contribution in [2.75, 3.05) is 16.4 Å². The Morgan fingerprint density at radius 1 is 1.17 bits per heavy atom. The molecule has 1 fully saturated rings. The fraction of sp³-hybridized carbons (Fsp3) is 0.263. The highest BCUT2D eigenvalue weighted by molar-refractivity contribution is 7.99. The molecule has 1 aromatic heterocycles. The number of nitrogens with zero attached hydrogens (tertiary/aromatic N) is 2. The molecule has 0 bridgehead atoms. The van der Waals surface area contributed by atoms with E-state index in [-0.39, 0.29) is 23.8 Å². The number of benzene rings is 2. The lowest BCUT2D eigenvalue weighted by atomic mass is 10.1. The second kappa shape index (κ2) is 8.00. The molecule has 4 rings (SSSR count). The smallest absolute Gasteiger partial charge is 0.274 e. The molecular formula is C19H16F2N2O3S3. The number of anilines is 2. The van der Waals surface area contributed by atoms with Crippen LogP contribution in [-0.4, -0.2) is 36.6 Å². The number of hydrogen-bond donors (Lipinski definition) is 0. The lowest BCUT2D eigenvalue weighted by Crippen LogP contribution is -2.33. The molecule has 152 valence electrons. The summed E-state index contributed by atoms with van der Waals surface area (Å²) in [4.78, 5) is 19.6. The van der Waals surface area contributed by atoms with Gasteiger partial charge in [-0.15, -0.1) is 0 Å². The summed E-state index contributed by atoms with van der Waals surface area (Å²) in [6.07, 6.45) is 0.266. The second-order valence-corrected chi connectivity index (χ2v) is 10.9. The maximum atomic E-state index is 13.3. The first kappa shape index (κ1) is 20.2. The Hall–Kier alpha value is -2.04. The number of para-hydroxylation sites is 1. The first-order valence-corrected chi connectivity index (χ1v) is 12.3. The summed E-state index contributed by atoms with van der Waals surface area (Å²) in [5.41, 5.74) is 1.20. The number of amides is 1. The van der Waals surface area contributed by atoms with Crippen LogP contribution < -0.4 is 4.90 Å². The number of sulfone groups is 1. The molecule has 3 aromatic rings. The van der Waals surface area contributed by atoms with Crippen molar-refractivity contribution < 1.29 is 22.0 Å². The fourth-order valence-corrected chi connectivity index (χ4v) is 6.46. The van der Waals surface area contributed by atoms with Crippen molar-refractivity contribution >= 4 is 59.9 Å².